The molecule has 4 nitrogen and oxygen atoms in total. The van der Waals surface area contributed by atoms with E-state index < -0.39 is 6.04 Å². The molecule has 1 aliphatic rings. The van der Waals surface area contributed by atoms with Crippen LogP contribution in [0.5, 0.6) is 0 Å². The number of fused-ring (bicyclic) bond motifs is 1. The third-order valence-corrected chi connectivity index (χ3v) is 5.52. The normalized spacial score (nSPS) is 13.8. The van der Waals surface area contributed by atoms with Crippen LogP contribution in [0.1, 0.15) is 45.1 Å². The first-order valence-corrected chi connectivity index (χ1v) is 9.94. The van der Waals surface area contributed by atoms with Gasteiger partial charge >= 0.3 is 0 Å². The largest absolute Gasteiger partial charge is 0.327 e. The molecule has 0 unspecified atom stereocenters. The van der Waals surface area contributed by atoms with Gasteiger partial charge in [-0.3, -0.25) is 9.59 Å². The molecule has 3 aromatic carbocycles. The number of carbonyl (C=O) groups excluding carboxylic acids is 2. The molecule has 1 atom stereocenters. The van der Waals surface area contributed by atoms with Crippen molar-refractivity contribution in [3.63, 3.8) is 0 Å². The Kier molecular flexibility index (Phi) is 5.36. The van der Waals surface area contributed by atoms with Crippen molar-refractivity contribution in [3.8, 4) is 0 Å². The van der Waals surface area contributed by atoms with E-state index in [2.05, 4.69) is 5.32 Å². The standard InChI is InChI=1S/C25H23FN2O2/c1-16-7-12-22(17(2)13-16)27-24(29)14-23(18-8-10-20(26)11-9-18)28-15-19-5-3-4-6-21(19)25(28)30/h3-13,23H,14-15H2,1-2H3,(H,27,29)/t23-/m1/s1. The van der Waals surface area contributed by atoms with E-state index in [1.165, 1.54) is 12.1 Å². The predicted molar refractivity (Wildman–Crippen MR) is 115 cm³/mol. The van der Waals surface area contributed by atoms with Gasteiger partial charge in [-0.2, -0.15) is 0 Å². The molecule has 0 bridgehead atoms. The lowest BCUT2D eigenvalue weighted by atomic mass is 10.0. The summed E-state index contributed by atoms with van der Waals surface area (Å²) in [4.78, 5) is 27.6. The number of hydrogen-bond donors (Lipinski definition) is 1. The molecule has 0 spiro atoms. The van der Waals surface area contributed by atoms with Crippen LogP contribution in [0.2, 0.25) is 0 Å². The van der Waals surface area contributed by atoms with Crippen LogP contribution < -0.4 is 5.32 Å². The number of halogens is 1. The van der Waals surface area contributed by atoms with Crippen molar-refractivity contribution < 1.29 is 14.0 Å². The van der Waals surface area contributed by atoms with Gasteiger partial charge in [-0.25, -0.2) is 4.39 Å². The molecule has 1 aliphatic heterocycles. The van der Waals surface area contributed by atoms with Crippen molar-refractivity contribution in [2.75, 3.05) is 5.32 Å². The first-order chi connectivity index (χ1) is 14.4. The number of nitrogens with one attached hydrogen (secondary N) is 1. The molecule has 1 N–H and O–H groups in total. The minimum absolute atomic E-state index is 0.0820. The molecule has 5 heteroatoms. The fourth-order valence-corrected chi connectivity index (χ4v) is 3.95. The molecule has 0 saturated heterocycles. The van der Waals surface area contributed by atoms with E-state index in [0.29, 0.717) is 12.1 Å². The smallest absolute Gasteiger partial charge is 0.255 e. The molecular formula is C25H23FN2O2. The van der Waals surface area contributed by atoms with E-state index in [1.807, 2.05) is 50.2 Å². The summed E-state index contributed by atoms with van der Waals surface area (Å²) in [5.41, 5.74) is 5.16. The first kappa shape index (κ1) is 19.8. The predicted octanol–water partition coefficient (Wildman–Crippen LogP) is 5.17. The molecule has 152 valence electrons. The Bertz CT molecular complexity index is 1110. The Balaban J connectivity index is 1.61. The topological polar surface area (TPSA) is 49.4 Å². The Hall–Kier alpha value is -3.47. The number of rotatable bonds is 5. The van der Waals surface area contributed by atoms with Crippen LogP contribution in [-0.2, 0) is 11.3 Å². The van der Waals surface area contributed by atoms with E-state index in [9.17, 15) is 14.0 Å². The number of aryl methyl sites for hydroxylation is 2. The molecule has 1 heterocycles. The van der Waals surface area contributed by atoms with Crippen molar-refractivity contribution in [3.05, 3.63) is 100 Å². The average Bonchev–Trinajstić information content (AvgIpc) is 3.06. The summed E-state index contributed by atoms with van der Waals surface area (Å²) < 4.78 is 13.5. The van der Waals surface area contributed by atoms with Gasteiger partial charge in [-0.1, -0.05) is 48.0 Å². The second-order valence-corrected chi connectivity index (χ2v) is 7.73. The fourth-order valence-electron chi connectivity index (χ4n) is 3.95. The minimum atomic E-state index is -0.490. The van der Waals surface area contributed by atoms with Crippen molar-refractivity contribution in [1.82, 2.24) is 4.90 Å². The lowest BCUT2D eigenvalue weighted by Gasteiger charge is -2.28. The Morgan fingerprint density at radius 1 is 1.07 bits per heavy atom. The van der Waals surface area contributed by atoms with Crippen molar-refractivity contribution in [1.29, 1.82) is 0 Å². The highest BCUT2D eigenvalue weighted by molar-refractivity contribution is 5.99. The maximum Gasteiger partial charge on any atom is 0.255 e. The highest BCUT2D eigenvalue weighted by Gasteiger charge is 2.34. The summed E-state index contributed by atoms with van der Waals surface area (Å²) in [5.74, 6) is -0.660. The van der Waals surface area contributed by atoms with Crippen LogP contribution in [0, 0.1) is 19.7 Å². The zero-order valence-electron chi connectivity index (χ0n) is 17.0. The summed E-state index contributed by atoms with van der Waals surface area (Å²) in [6.07, 6.45) is 0.0820. The third kappa shape index (κ3) is 3.96. The summed E-state index contributed by atoms with van der Waals surface area (Å²) in [7, 11) is 0. The molecule has 0 aliphatic carbocycles. The molecule has 0 fully saturated rings. The highest BCUT2D eigenvalue weighted by atomic mass is 19.1. The number of anilines is 1. The zero-order chi connectivity index (χ0) is 21.3. The van der Waals surface area contributed by atoms with Crippen LogP contribution in [0.25, 0.3) is 0 Å². The van der Waals surface area contributed by atoms with Crippen LogP contribution >= 0.6 is 0 Å². The Morgan fingerprint density at radius 3 is 2.50 bits per heavy atom. The van der Waals surface area contributed by atoms with E-state index in [-0.39, 0.29) is 24.1 Å². The van der Waals surface area contributed by atoms with Gasteiger partial charge in [-0.05, 0) is 54.8 Å². The number of amides is 2. The van der Waals surface area contributed by atoms with Crippen LogP contribution in [0.4, 0.5) is 10.1 Å². The number of carbonyl (C=O) groups is 2. The average molecular weight is 402 g/mol. The molecule has 2 amide bonds. The zero-order valence-corrected chi connectivity index (χ0v) is 17.0. The number of nitrogens with zero attached hydrogens (tertiary/aromatic N) is 1. The second kappa shape index (κ2) is 8.11. The van der Waals surface area contributed by atoms with E-state index in [4.69, 9.17) is 0 Å². The molecule has 3 aromatic rings. The van der Waals surface area contributed by atoms with Crippen molar-refractivity contribution >= 4 is 17.5 Å². The van der Waals surface area contributed by atoms with Gasteiger partial charge in [0.05, 0.1) is 12.5 Å². The number of hydrogen-bond acceptors (Lipinski definition) is 2. The van der Waals surface area contributed by atoms with Gasteiger partial charge in [0.1, 0.15) is 5.82 Å². The third-order valence-electron chi connectivity index (χ3n) is 5.52. The quantitative estimate of drug-likeness (QED) is 0.640. The summed E-state index contributed by atoms with van der Waals surface area (Å²) in [5, 5.41) is 2.96. The Morgan fingerprint density at radius 2 is 1.80 bits per heavy atom. The van der Waals surface area contributed by atoms with Crippen LogP contribution in [0.15, 0.2) is 66.7 Å². The summed E-state index contributed by atoms with van der Waals surface area (Å²) >= 11 is 0. The van der Waals surface area contributed by atoms with Gasteiger partial charge in [0.25, 0.3) is 5.91 Å². The number of benzene rings is 3. The summed E-state index contributed by atoms with van der Waals surface area (Å²) in [6.45, 7) is 4.37. The minimum Gasteiger partial charge on any atom is -0.327 e. The van der Waals surface area contributed by atoms with Gasteiger partial charge in [0, 0.05) is 17.8 Å². The van der Waals surface area contributed by atoms with E-state index in [0.717, 1.165) is 27.9 Å². The molecule has 0 aromatic heterocycles. The molecular weight excluding hydrogens is 379 g/mol. The van der Waals surface area contributed by atoms with Crippen molar-refractivity contribution in [2.45, 2.75) is 32.9 Å². The highest BCUT2D eigenvalue weighted by Crippen LogP contribution is 2.34. The maximum atomic E-state index is 13.5. The molecule has 4 rings (SSSR count). The van der Waals surface area contributed by atoms with Gasteiger partial charge in [0.2, 0.25) is 5.91 Å². The first-order valence-electron chi connectivity index (χ1n) is 9.94. The monoisotopic (exact) mass is 402 g/mol. The lowest BCUT2D eigenvalue weighted by Crippen LogP contribution is -2.32. The molecule has 0 radical (unpaired) electrons. The van der Waals surface area contributed by atoms with E-state index in [1.54, 1.807) is 23.1 Å². The van der Waals surface area contributed by atoms with Gasteiger partial charge in [0.15, 0.2) is 0 Å². The second-order valence-electron chi connectivity index (χ2n) is 7.73. The molecule has 30 heavy (non-hydrogen) atoms. The SMILES string of the molecule is Cc1ccc(NC(=O)C[C@H](c2ccc(F)cc2)N2Cc3ccccc3C2=O)c(C)c1. The summed E-state index contributed by atoms with van der Waals surface area (Å²) in [6, 6.07) is 18.8. The van der Waals surface area contributed by atoms with Crippen molar-refractivity contribution in [2.24, 2.45) is 0 Å². The maximum absolute atomic E-state index is 13.5. The Labute approximate surface area is 175 Å². The van der Waals surface area contributed by atoms with Gasteiger partial charge < -0.3 is 10.2 Å². The van der Waals surface area contributed by atoms with Gasteiger partial charge in [-0.15, -0.1) is 0 Å². The fraction of sp³-hybridized carbons (Fsp3) is 0.200. The lowest BCUT2D eigenvalue weighted by molar-refractivity contribution is -0.117. The van der Waals surface area contributed by atoms with E-state index >= 15 is 0 Å². The van der Waals surface area contributed by atoms with Crippen LogP contribution in [-0.4, -0.2) is 16.7 Å². The molecule has 0 saturated carbocycles. The van der Waals surface area contributed by atoms with Crippen LogP contribution in [0.3, 0.4) is 0 Å².